The van der Waals surface area contributed by atoms with Crippen LogP contribution in [0.2, 0.25) is 0 Å². The first kappa shape index (κ1) is 12.7. The zero-order chi connectivity index (χ0) is 11.0. The summed E-state index contributed by atoms with van der Waals surface area (Å²) in [4.78, 5) is 21.8. The summed E-state index contributed by atoms with van der Waals surface area (Å²) < 4.78 is 9.50. The van der Waals surface area contributed by atoms with Crippen LogP contribution in [0.4, 0.5) is 0 Å². The number of esters is 2. The van der Waals surface area contributed by atoms with Crippen molar-refractivity contribution in [2.75, 3.05) is 6.61 Å². The SMILES string of the molecule is C=CC(=O)OC(C)C(=O)OCCCC. The van der Waals surface area contributed by atoms with Gasteiger partial charge in [-0.15, -0.1) is 0 Å². The average molecular weight is 200 g/mol. The molecule has 0 saturated carbocycles. The molecule has 4 heteroatoms. The van der Waals surface area contributed by atoms with E-state index in [4.69, 9.17) is 4.74 Å². The number of hydrogen-bond donors (Lipinski definition) is 0. The van der Waals surface area contributed by atoms with Crippen molar-refractivity contribution >= 4 is 11.9 Å². The second-order valence-corrected chi connectivity index (χ2v) is 2.80. The van der Waals surface area contributed by atoms with Crippen molar-refractivity contribution < 1.29 is 19.1 Å². The molecule has 0 radical (unpaired) electrons. The van der Waals surface area contributed by atoms with Gasteiger partial charge in [0.1, 0.15) is 0 Å². The van der Waals surface area contributed by atoms with Crippen molar-refractivity contribution in [2.45, 2.75) is 32.8 Å². The molecule has 0 aromatic rings. The van der Waals surface area contributed by atoms with Gasteiger partial charge in [-0.2, -0.15) is 0 Å². The molecular weight excluding hydrogens is 184 g/mol. The molecule has 80 valence electrons. The van der Waals surface area contributed by atoms with E-state index in [2.05, 4.69) is 11.3 Å². The highest BCUT2D eigenvalue weighted by molar-refractivity contribution is 5.84. The Kier molecular flexibility index (Phi) is 6.45. The first-order valence-corrected chi connectivity index (χ1v) is 4.61. The Morgan fingerprint density at radius 2 is 2.14 bits per heavy atom. The van der Waals surface area contributed by atoms with E-state index in [0.29, 0.717) is 6.61 Å². The topological polar surface area (TPSA) is 52.6 Å². The van der Waals surface area contributed by atoms with Crippen molar-refractivity contribution in [1.29, 1.82) is 0 Å². The summed E-state index contributed by atoms with van der Waals surface area (Å²) in [5, 5.41) is 0. The van der Waals surface area contributed by atoms with Crippen LogP contribution in [-0.2, 0) is 19.1 Å². The number of rotatable bonds is 6. The van der Waals surface area contributed by atoms with Crippen molar-refractivity contribution in [1.82, 2.24) is 0 Å². The lowest BCUT2D eigenvalue weighted by atomic mass is 10.3. The Labute approximate surface area is 83.9 Å². The van der Waals surface area contributed by atoms with E-state index in [9.17, 15) is 9.59 Å². The van der Waals surface area contributed by atoms with Crippen molar-refractivity contribution in [3.8, 4) is 0 Å². The van der Waals surface area contributed by atoms with Gasteiger partial charge in [0.05, 0.1) is 6.61 Å². The lowest BCUT2D eigenvalue weighted by Gasteiger charge is -2.10. The smallest absolute Gasteiger partial charge is 0.347 e. The molecule has 0 aromatic heterocycles. The number of carbonyl (C=O) groups excluding carboxylic acids is 2. The van der Waals surface area contributed by atoms with Crippen LogP contribution < -0.4 is 0 Å². The number of carbonyl (C=O) groups is 2. The molecule has 1 atom stereocenters. The van der Waals surface area contributed by atoms with E-state index in [1.54, 1.807) is 0 Å². The largest absolute Gasteiger partial charge is 0.463 e. The number of unbranched alkanes of at least 4 members (excludes halogenated alkanes) is 1. The molecule has 0 aromatic carbocycles. The van der Waals surface area contributed by atoms with Crippen LogP contribution in [0.5, 0.6) is 0 Å². The lowest BCUT2D eigenvalue weighted by molar-refractivity contribution is -0.163. The zero-order valence-corrected chi connectivity index (χ0v) is 8.62. The molecule has 4 nitrogen and oxygen atoms in total. The van der Waals surface area contributed by atoms with Gasteiger partial charge in [0.25, 0.3) is 0 Å². The highest BCUT2D eigenvalue weighted by Crippen LogP contribution is 1.97. The molecule has 0 rings (SSSR count). The van der Waals surface area contributed by atoms with Gasteiger partial charge in [0.15, 0.2) is 6.10 Å². The van der Waals surface area contributed by atoms with Gasteiger partial charge in [0, 0.05) is 6.08 Å². The molecule has 1 unspecified atom stereocenters. The Hall–Kier alpha value is -1.32. The minimum atomic E-state index is -0.864. The fraction of sp³-hybridized carbons (Fsp3) is 0.600. The maximum absolute atomic E-state index is 11.1. The molecule has 14 heavy (non-hydrogen) atoms. The molecule has 0 saturated heterocycles. The van der Waals surface area contributed by atoms with E-state index in [1.165, 1.54) is 6.92 Å². The van der Waals surface area contributed by atoms with Gasteiger partial charge >= 0.3 is 11.9 Å². The van der Waals surface area contributed by atoms with E-state index in [1.807, 2.05) is 6.92 Å². The van der Waals surface area contributed by atoms with E-state index < -0.39 is 18.0 Å². The van der Waals surface area contributed by atoms with Gasteiger partial charge in [-0.3, -0.25) is 0 Å². The molecule has 0 spiro atoms. The Balaban J connectivity index is 3.75. The molecule has 0 aliphatic rings. The third-order valence-electron chi connectivity index (χ3n) is 1.53. The molecule has 0 amide bonds. The van der Waals surface area contributed by atoms with Gasteiger partial charge in [-0.05, 0) is 13.3 Å². The van der Waals surface area contributed by atoms with Crippen molar-refractivity contribution in [3.63, 3.8) is 0 Å². The third-order valence-corrected chi connectivity index (χ3v) is 1.53. The van der Waals surface area contributed by atoms with Gasteiger partial charge < -0.3 is 9.47 Å². The summed E-state index contributed by atoms with van der Waals surface area (Å²) in [6.45, 7) is 7.05. The minimum absolute atomic E-state index is 0.366. The number of hydrogen-bond acceptors (Lipinski definition) is 4. The van der Waals surface area contributed by atoms with Crippen LogP contribution in [0.3, 0.4) is 0 Å². The normalized spacial score (nSPS) is 11.6. The first-order valence-electron chi connectivity index (χ1n) is 4.61. The van der Waals surface area contributed by atoms with Crippen LogP contribution in [0.1, 0.15) is 26.7 Å². The molecule has 0 heterocycles. The van der Waals surface area contributed by atoms with E-state index in [-0.39, 0.29) is 0 Å². The molecule has 0 aliphatic carbocycles. The van der Waals surface area contributed by atoms with Crippen LogP contribution in [0.15, 0.2) is 12.7 Å². The second-order valence-electron chi connectivity index (χ2n) is 2.80. The predicted molar refractivity (Wildman–Crippen MR) is 51.6 cm³/mol. The summed E-state index contributed by atoms with van der Waals surface area (Å²) in [7, 11) is 0. The fourth-order valence-electron chi connectivity index (χ4n) is 0.705. The summed E-state index contributed by atoms with van der Waals surface area (Å²) in [5.74, 6) is -1.14. The molecular formula is C10H16O4. The average Bonchev–Trinajstić information content (AvgIpc) is 2.17. The lowest BCUT2D eigenvalue weighted by Crippen LogP contribution is -2.25. The monoisotopic (exact) mass is 200 g/mol. The zero-order valence-electron chi connectivity index (χ0n) is 8.62. The van der Waals surface area contributed by atoms with E-state index >= 15 is 0 Å². The fourth-order valence-corrected chi connectivity index (χ4v) is 0.705. The summed E-state index contributed by atoms with van der Waals surface area (Å²) in [5.41, 5.74) is 0. The van der Waals surface area contributed by atoms with Gasteiger partial charge in [-0.25, -0.2) is 9.59 Å². The summed E-state index contributed by atoms with van der Waals surface area (Å²) in [6, 6.07) is 0. The highest BCUT2D eigenvalue weighted by Gasteiger charge is 2.17. The van der Waals surface area contributed by atoms with Crippen molar-refractivity contribution in [3.05, 3.63) is 12.7 Å². The first-order chi connectivity index (χ1) is 6.61. The maximum Gasteiger partial charge on any atom is 0.347 e. The van der Waals surface area contributed by atoms with Gasteiger partial charge in [-0.1, -0.05) is 19.9 Å². The number of ether oxygens (including phenoxy) is 2. The van der Waals surface area contributed by atoms with Crippen molar-refractivity contribution in [2.24, 2.45) is 0 Å². The van der Waals surface area contributed by atoms with Crippen LogP contribution in [0, 0.1) is 0 Å². The molecule has 0 N–H and O–H groups in total. The second kappa shape index (κ2) is 7.12. The van der Waals surface area contributed by atoms with Crippen LogP contribution in [0.25, 0.3) is 0 Å². The van der Waals surface area contributed by atoms with Crippen LogP contribution in [-0.4, -0.2) is 24.6 Å². The summed E-state index contributed by atoms with van der Waals surface area (Å²) in [6.07, 6.45) is 1.91. The standard InChI is InChI=1S/C10H16O4/c1-4-6-7-13-10(12)8(3)14-9(11)5-2/h5,8H,2,4,6-7H2,1,3H3. The Bertz CT molecular complexity index is 210. The molecule has 0 fully saturated rings. The Morgan fingerprint density at radius 3 is 2.64 bits per heavy atom. The third kappa shape index (κ3) is 5.35. The van der Waals surface area contributed by atoms with Gasteiger partial charge in [0.2, 0.25) is 0 Å². The Morgan fingerprint density at radius 1 is 1.50 bits per heavy atom. The molecule has 0 bridgehead atoms. The minimum Gasteiger partial charge on any atom is -0.463 e. The highest BCUT2D eigenvalue weighted by atomic mass is 16.6. The molecule has 0 aliphatic heterocycles. The van der Waals surface area contributed by atoms with E-state index in [0.717, 1.165) is 18.9 Å². The maximum atomic E-state index is 11.1. The predicted octanol–water partition coefficient (Wildman–Crippen LogP) is 1.45. The van der Waals surface area contributed by atoms with Crippen LogP contribution >= 0.6 is 0 Å². The quantitative estimate of drug-likeness (QED) is 0.370. The summed E-state index contributed by atoms with van der Waals surface area (Å²) >= 11 is 0.